The van der Waals surface area contributed by atoms with Crippen LogP contribution in [0, 0.1) is 6.92 Å². The van der Waals surface area contributed by atoms with Gasteiger partial charge in [0.05, 0.1) is 11.8 Å². The summed E-state index contributed by atoms with van der Waals surface area (Å²) in [5.74, 6) is 0.284. The quantitative estimate of drug-likeness (QED) is 0.576. The van der Waals surface area contributed by atoms with Gasteiger partial charge in [-0.3, -0.25) is 4.79 Å². The molecular weight excluding hydrogens is 374 g/mol. The summed E-state index contributed by atoms with van der Waals surface area (Å²) in [5.41, 5.74) is 2.30. The fourth-order valence-corrected chi connectivity index (χ4v) is 4.17. The van der Waals surface area contributed by atoms with Crippen molar-refractivity contribution in [2.24, 2.45) is 0 Å². The molecule has 0 aliphatic carbocycles. The third-order valence-electron chi connectivity index (χ3n) is 3.89. The van der Waals surface area contributed by atoms with Crippen LogP contribution in [-0.2, 0) is 4.79 Å². The fraction of sp³-hybridized carbons (Fsp3) is 0.190. The molecule has 0 fully saturated rings. The average Bonchev–Trinajstić information content (AvgIpc) is 2.68. The molecule has 1 amide bonds. The summed E-state index contributed by atoms with van der Waals surface area (Å²) >= 11 is 2.96. The molecule has 0 bridgehead atoms. The lowest BCUT2D eigenvalue weighted by Gasteiger charge is -2.14. The van der Waals surface area contributed by atoms with E-state index in [-0.39, 0.29) is 11.9 Å². The van der Waals surface area contributed by atoms with E-state index in [4.69, 9.17) is 0 Å². The minimum atomic E-state index is -0.0290. The molecule has 0 unspecified atom stereocenters. The van der Waals surface area contributed by atoms with Crippen LogP contribution in [0.15, 0.2) is 81.9 Å². The van der Waals surface area contributed by atoms with Crippen molar-refractivity contribution in [1.29, 1.82) is 0 Å². The van der Waals surface area contributed by atoms with Crippen LogP contribution in [0.5, 0.6) is 0 Å². The number of carbonyl (C=O) groups excluding carboxylic acids is 1. The molecule has 4 nitrogen and oxygen atoms in total. The van der Waals surface area contributed by atoms with Gasteiger partial charge in [0, 0.05) is 17.3 Å². The standard InChI is InChI=1S/C21H21N3OS2/c1-15-8-10-17(11-9-15)16(2)24-19(25)14-26-20-21(23-13-12-22-20)27-18-6-4-3-5-7-18/h3-13,16H,14H2,1-2H3,(H,24,25)/t16-/m1/s1. The maximum Gasteiger partial charge on any atom is 0.230 e. The number of hydrogen-bond acceptors (Lipinski definition) is 5. The molecule has 0 aliphatic heterocycles. The molecule has 27 heavy (non-hydrogen) atoms. The van der Waals surface area contributed by atoms with Crippen LogP contribution < -0.4 is 5.32 Å². The van der Waals surface area contributed by atoms with E-state index in [9.17, 15) is 4.79 Å². The molecule has 1 atom stereocenters. The first-order chi connectivity index (χ1) is 13.1. The van der Waals surface area contributed by atoms with Gasteiger partial charge in [-0.1, -0.05) is 71.6 Å². The highest BCUT2D eigenvalue weighted by molar-refractivity contribution is 8.02. The zero-order valence-corrected chi connectivity index (χ0v) is 16.9. The Bertz CT molecular complexity index is 885. The number of carbonyl (C=O) groups is 1. The van der Waals surface area contributed by atoms with Crippen molar-refractivity contribution in [2.45, 2.75) is 34.8 Å². The van der Waals surface area contributed by atoms with Crippen molar-refractivity contribution in [3.05, 3.63) is 78.1 Å². The Morgan fingerprint density at radius 2 is 1.67 bits per heavy atom. The Labute approximate surface area is 168 Å². The number of nitrogens with one attached hydrogen (secondary N) is 1. The zero-order valence-electron chi connectivity index (χ0n) is 15.3. The van der Waals surface area contributed by atoms with E-state index in [1.54, 1.807) is 24.2 Å². The molecule has 0 spiro atoms. The largest absolute Gasteiger partial charge is 0.349 e. The number of benzene rings is 2. The van der Waals surface area contributed by atoms with Gasteiger partial charge in [0.25, 0.3) is 0 Å². The van der Waals surface area contributed by atoms with Crippen LogP contribution in [0.3, 0.4) is 0 Å². The molecule has 3 aromatic rings. The van der Waals surface area contributed by atoms with Crippen molar-refractivity contribution in [2.75, 3.05) is 5.75 Å². The van der Waals surface area contributed by atoms with Gasteiger partial charge in [0.15, 0.2) is 0 Å². The van der Waals surface area contributed by atoms with Crippen LogP contribution >= 0.6 is 23.5 Å². The Morgan fingerprint density at radius 3 is 2.37 bits per heavy atom. The third kappa shape index (κ3) is 5.84. The number of amides is 1. The normalized spacial score (nSPS) is 11.8. The Balaban J connectivity index is 1.58. The Hall–Kier alpha value is -2.31. The number of hydrogen-bond donors (Lipinski definition) is 1. The number of aromatic nitrogens is 2. The second-order valence-corrected chi connectivity index (χ2v) is 8.10. The van der Waals surface area contributed by atoms with E-state index in [1.165, 1.54) is 17.3 Å². The summed E-state index contributed by atoms with van der Waals surface area (Å²) in [6, 6.07) is 18.2. The first-order valence-electron chi connectivity index (χ1n) is 8.64. The van der Waals surface area contributed by atoms with E-state index >= 15 is 0 Å². The predicted octanol–water partition coefficient (Wildman–Crippen LogP) is 4.91. The Morgan fingerprint density at radius 1 is 1.00 bits per heavy atom. The highest BCUT2D eigenvalue weighted by Gasteiger charge is 2.13. The third-order valence-corrected chi connectivity index (χ3v) is 5.99. The number of aryl methyl sites for hydroxylation is 1. The first-order valence-corrected chi connectivity index (χ1v) is 10.4. The molecule has 1 aromatic heterocycles. The lowest BCUT2D eigenvalue weighted by molar-refractivity contribution is -0.119. The molecule has 0 saturated heterocycles. The lowest BCUT2D eigenvalue weighted by atomic mass is 10.1. The van der Waals surface area contributed by atoms with Gasteiger partial charge in [-0.05, 0) is 31.5 Å². The highest BCUT2D eigenvalue weighted by Crippen LogP contribution is 2.32. The van der Waals surface area contributed by atoms with Crippen LogP contribution in [0.25, 0.3) is 0 Å². The van der Waals surface area contributed by atoms with Gasteiger partial charge < -0.3 is 5.32 Å². The molecule has 0 radical (unpaired) electrons. The summed E-state index contributed by atoms with van der Waals surface area (Å²) < 4.78 is 0. The maximum absolute atomic E-state index is 12.3. The molecule has 0 saturated carbocycles. The zero-order chi connectivity index (χ0) is 19.1. The van der Waals surface area contributed by atoms with Gasteiger partial charge in [-0.2, -0.15) is 0 Å². The molecule has 138 valence electrons. The second kappa shape index (κ2) is 9.58. The summed E-state index contributed by atoms with van der Waals surface area (Å²) in [5, 5.41) is 4.62. The summed E-state index contributed by atoms with van der Waals surface area (Å²) in [6.45, 7) is 4.04. The summed E-state index contributed by atoms with van der Waals surface area (Å²) in [6.07, 6.45) is 3.33. The van der Waals surface area contributed by atoms with E-state index < -0.39 is 0 Å². The minimum absolute atomic E-state index is 0.0191. The monoisotopic (exact) mass is 395 g/mol. The van der Waals surface area contributed by atoms with Crippen molar-refractivity contribution in [3.8, 4) is 0 Å². The topological polar surface area (TPSA) is 54.9 Å². The van der Waals surface area contributed by atoms with Crippen molar-refractivity contribution in [3.63, 3.8) is 0 Å². The van der Waals surface area contributed by atoms with Gasteiger partial charge >= 0.3 is 0 Å². The lowest BCUT2D eigenvalue weighted by Crippen LogP contribution is -2.28. The number of thioether (sulfide) groups is 1. The minimum Gasteiger partial charge on any atom is -0.349 e. The molecule has 3 rings (SSSR count). The van der Waals surface area contributed by atoms with Crippen molar-refractivity contribution >= 4 is 29.4 Å². The molecule has 6 heteroatoms. The summed E-state index contributed by atoms with van der Waals surface area (Å²) in [7, 11) is 0. The molecule has 1 N–H and O–H groups in total. The van der Waals surface area contributed by atoms with Crippen molar-refractivity contribution < 1.29 is 4.79 Å². The van der Waals surface area contributed by atoms with Gasteiger partial charge in [0.2, 0.25) is 5.91 Å². The van der Waals surface area contributed by atoms with Gasteiger partial charge in [-0.25, -0.2) is 9.97 Å². The van der Waals surface area contributed by atoms with Gasteiger partial charge in [-0.15, -0.1) is 0 Å². The maximum atomic E-state index is 12.3. The Kier molecular flexibility index (Phi) is 6.90. The predicted molar refractivity (Wildman–Crippen MR) is 111 cm³/mol. The van der Waals surface area contributed by atoms with E-state index in [0.717, 1.165) is 20.5 Å². The SMILES string of the molecule is Cc1ccc([C@@H](C)NC(=O)CSc2nccnc2Sc2ccccc2)cc1. The smallest absolute Gasteiger partial charge is 0.230 e. The second-order valence-electron chi connectivity index (χ2n) is 6.07. The molecular formula is C21H21N3OS2. The highest BCUT2D eigenvalue weighted by atomic mass is 32.2. The molecule has 0 aliphatic rings. The average molecular weight is 396 g/mol. The van der Waals surface area contributed by atoms with E-state index in [0.29, 0.717) is 5.75 Å². The van der Waals surface area contributed by atoms with Crippen LogP contribution in [0.2, 0.25) is 0 Å². The fourth-order valence-electron chi connectivity index (χ4n) is 2.44. The first kappa shape index (κ1) is 19.5. The van der Waals surface area contributed by atoms with Gasteiger partial charge in [0.1, 0.15) is 10.1 Å². The van der Waals surface area contributed by atoms with E-state index in [1.807, 2.05) is 49.4 Å². The number of rotatable bonds is 7. The van der Waals surface area contributed by atoms with Crippen LogP contribution in [0.4, 0.5) is 0 Å². The summed E-state index contributed by atoms with van der Waals surface area (Å²) in [4.78, 5) is 22.3. The number of nitrogens with zero attached hydrogens (tertiary/aromatic N) is 2. The van der Waals surface area contributed by atoms with Crippen LogP contribution in [-0.4, -0.2) is 21.6 Å². The van der Waals surface area contributed by atoms with Crippen molar-refractivity contribution in [1.82, 2.24) is 15.3 Å². The van der Waals surface area contributed by atoms with E-state index in [2.05, 4.69) is 34.3 Å². The molecule has 2 aromatic carbocycles. The van der Waals surface area contributed by atoms with Crippen LogP contribution in [0.1, 0.15) is 24.1 Å². The molecule has 1 heterocycles.